The number of aliphatic carboxylic acids is 1. The number of rotatable bonds is 5. The van der Waals surface area contributed by atoms with Crippen molar-refractivity contribution in [3.05, 3.63) is 46.4 Å². The Bertz CT molecular complexity index is 595. The van der Waals surface area contributed by atoms with Crippen LogP contribution in [0.5, 0.6) is 5.75 Å². The van der Waals surface area contributed by atoms with Crippen LogP contribution in [0.4, 0.5) is 0 Å². The summed E-state index contributed by atoms with van der Waals surface area (Å²) < 4.78 is 0. The number of phenolic OH excluding ortho intramolecular Hbond substituents is 1. The summed E-state index contributed by atoms with van der Waals surface area (Å²) in [6.07, 6.45) is 0.130. The van der Waals surface area contributed by atoms with Crippen LogP contribution in [0.3, 0.4) is 0 Å². The zero-order chi connectivity index (χ0) is 14.5. The Morgan fingerprint density at radius 2 is 2.00 bits per heavy atom. The van der Waals surface area contributed by atoms with Crippen molar-refractivity contribution >= 4 is 23.2 Å². The van der Waals surface area contributed by atoms with E-state index in [-0.39, 0.29) is 17.9 Å². The van der Waals surface area contributed by atoms with Gasteiger partial charge in [0.05, 0.1) is 5.51 Å². The van der Waals surface area contributed by atoms with Crippen molar-refractivity contribution in [2.24, 2.45) is 0 Å². The van der Waals surface area contributed by atoms with Gasteiger partial charge in [0.2, 0.25) is 0 Å². The molecule has 2 aromatic rings. The Balaban J connectivity index is 2.06. The first-order valence-electron chi connectivity index (χ1n) is 5.76. The van der Waals surface area contributed by atoms with Gasteiger partial charge in [0.25, 0.3) is 5.91 Å². The number of carboxylic acid groups (broad SMARTS) is 1. The van der Waals surface area contributed by atoms with Gasteiger partial charge in [0.1, 0.15) is 17.5 Å². The van der Waals surface area contributed by atoms with Crippen LogP contribution in [0.1, 0.15) is 16.1 Å². The monoisotopic (exact) mass is 292 g/mol. The number of nitrogens with one attached hydrogen (secondary N) is 1. The highest BCUT2D eigenvalue weighted by molar-refractivity contribution is 7.07. The van der Waals surface area contributed by atoms with E-state index in [1.54, 1.807) is 17.5 Å². The molecule has 0 aliphatic rings. The molecule has 1 aromatic heterocycles. The Hall–Kier alpha value is -2.41. The second-order valence-corrected chi connectivity index (χ2v) is 4.83. The number of carbonyl (C=O) groups is 2. The smallest absolute Gasteiger partial charge is 0.326 e. The second kappa shape index (κ2) is 6.16. The highest BCUT2D eigenvalue weighted by Crippen LogP contribution is 2.12. The van der Waals surface area contributed by atoms with Gasteiger partial charge >= 0.3 is 5.97 Å². The van der Waals surface area contributed by atoms with Crippen LogP contribution in [0, 0.1) is 0 Å². The molecule has 20 heavy (non-hydrogen) atoms. The molecule has 0 aliphatic carbocycles. The fourth-order valence-electron chi connectivity index (χ4n) is 1.62. The zero-order valence-corrected chi connectivity index (χ0v) is 11.1. The molecule has 1 amide bonds. The summed E-state index contributed by atoms with van der Waals surface area (Å²) >= 11 is 1.26. The number of thiazole rings is 1. The van der Waals surface area contributed by atoms with E-state index in [1.807, 2.05) is 0 Å². The van der Waals surface area contributed by atoms with Gasteiger partial charge in [-0.3, -0.25) is 4.79 Å². The van der Waals surface area contributed by atoms with Crippen LogP contribution in [-0.4, -0.2) is 33.1 Å². The minimum Gasteiger partial charge on any atom is -0.508 e. The lowest BCUT2D eigenvalue weighted by Crippen LogP contribution is -2.42. The van der Waals surface area contributed by atoms with Gasteiger partial charge in [-0.15, -0.1) is 11.3 Å². The van der Waals surface area contributed by atoms with Crippen molar-refractivity contribution in [2.45, 2.75) is 12.5 Å². The van der Waals surface area contributed by atoms with Crippen molar-refractivity contribution in [1.82, 2.24) is 10.3 Å². The molecule has 6 nitrogen and oxygen atoms in total. The highest BCUT2D eigenvalue weighted by Gasteiger charge is 2.21. The first-order chi connectivity index (χ1) is 9.56. The number of benzene rings is 1. The number of aromatic hydroxyl groups is 1. The van der Waals surface area contributed by atoms with Crippen LogP contribution >= 0.6 is 11.3 Å². The number of amides is 1. The van der Waals surface area contributed by atoms with Crippen LogP contribution in [0.15, 0.2) is 35.2 Å². The maximum Gasteiger partial charge on any atom is 0.326 e. The topological polar surface area (TPSA) is 99.5 Å². The molecule has 0 unspecified atom stereocenters. The quantitative estimate of drug-likeness (QED) is 0.770. The molecule has 0 fully saturated rings. The van der Waals surface area contributed by atoms with Gasteiger partial charge in [-0.05, 0) is 17.7 Å². The van der Waals surface area contributed by atoms with E-state index in [2.05, 4.69) is 10.3 Å². The maximum absolute atomic E-state index is 11.8. The molecular formula is C13H12N2O4S. The molecule has 0 saturated heterocycles. The maximum atomic E-state index is 11.8. The third-order valence-corrected chi connectivity index (χ3v) is 3.23. The summed E-state index contributed by atoms with van der Waals surface area (Å²) in [6.45, 7) is 0. The molecule has 2 rings (SSSR count). The number of hydrogen-bond donors (Lipinski definition) is 3. The van der Waals surface area contributed by atoms with Gasteiger partial charge in [-0.2, -0.15) is 0 Å². The summed E-state index contributed by atoms with van der Waals surface area (Å²) in [6, 6.07) is 5.11. The number of aromatic nitrogens is 1. The van der Waals surface area contributed by atoms with E-state index in [4.69, 9.17) is 5.11 Å². The zero-order valence-electron chi connectivity index (χ0n) is 10.3. The molecule has 0 spiro atoms. The standard InChI is InChI=1S/C13H12N2O4S/c16-9-3-1-8(2-4-9)5-10(13(18)19)15-12(17)11-6-20-7-14-11/h1-4,6-7,10,16H,5H2,(H,15,17)(H,18,19)/t10-/m0/s1. The lowest BCUT2D eigenvalue weighted by Gasteiger charge is -2.13. The van der Waals surface area contributed by atoms with Gasteiger partial charge in [0, 0.05) is 11.8 Å². The predicted octanol–water partition coefficient (Wildman–Crippen LogP) is 1.27. The van der Waals surface area contributed by atoms with Crippen molar-refractivity contribution in [3.63, 3.8) is 0 Å². The number of hydrogen-bond acceptors (Lipinski definition) is 5. The third-order valence-electron chi connectivity index (χ3n) is 2.64. The molecular weight excluding hydrogens is 280 g/mol. The molecule has 7 heteroatoms. The van der Waals surface area contributed by atoms with Gasteiger partial charge in [-0.25, -0.2) is 9.78 Å². The van der Waals surface area contributed by atoms with Crippen LogP contribution in [0.25, 0.3) is 0 Å². The lowest BCUT2D eigenvalue weighted by atomic mass is 10.1. The first-order valence-corrected chi connectivity index (χ1v) is 6.70. The number of nitrogens with zero attached hydrogens (tertiary/aromatic N) is 1. The number of carbonyl (C=O) groups excluding carboxylic acids is 1. The third kappa shape index (κ3) is 3.55. The first kappa shape index (κ1) is 14.0. The summed E-state index contributed by atoms with van der Waals surface area (Å²) in [5, 5.41) is 22.3. The Kier molecular flexibility index (Phi) is 4.31. The number of carboxylic acids is 1. The van der Waals surface area contributed by atoms with Crippen LogP contribution in [-0.2, 0) is 11.2 Å². The highest BCUT2D eigenvalue weighted by atomic mass is 32.1. The molecule has 1 heterocycles. The van der Waals surface area contributed by atoms with E-state index >= 15 is 0 Å². The van der Waals surface area contributed by atoms with E-state index in [0.29, 0.717) is 5.56 Å². The molecule has 0 bridgehead atoms. The molecule has 0 radical (unpaired) electrons. The van der Waals surface area contributed by atoms with Gasteiger partial charge < -0.3 is 15.5 Å². The summed E-state index contributed by atoms with van der Waals surface area (Å²) in [7, 11) is 0. The summed E-state index contributed by atoms with van der Waals surface area (Å²) in [5.74, 6) is -1.54. The van der Waals surface area contributed by atoms with E-state index in [0.717, 1.165) is 0 Å². The predicted molar refractivity (Wildman–Crippen MR) is 72.8 cm³/mol. The molecule has 1 atom stereocenters. The van der Waals surface area contributed by atoms with Crippen molar-refractivity contribution < 1.29 is 19.8 Å². The fraction of sp³-hybridized carbons (Fsp3) is 0.154. The second-order valence-electron chi connectivity index (χ2n) is 4.11. The van der Waals surface area contributed by atoms with Crippen molar-refractivity contribution in [1.29, 1.82) is 0 Å². The molecule has 1 aromatic carbocycles. The number of phenols is 1. The van der Waals surface area contributed by atoms with E-state index < -0.39 is 17.9 Å². The fourth-order valence-corrected chi connectivity index (χ4v) is 2.16. The summed E-state index contributed by atoms with van der Waals surface area (Å²) in [4.78, 5) is 26.8. The van der Waals surface area contributed by atoms with Crippen molar-refractivity contribution in [3.8, 4) is 5.75 Å². The van der Waals surface area contributed by atoms with Crippen molar-refractivity contribution in [2.75, 3.05) is 0 Å². The molecule has 0 saturated carbocycles. The Labute approximate surface area is 118 Å². The lowest BCUT2D eigenvalue weighted by molar-refractivity contribution is -0.139. The minimum atomic E-state index is -1.12. The minimum absolute atomic E-state index is 0.104. The van der Waals surface area contributed by atoms with E-state index in [9.17, 15) is 14.7 Å². The normalized spacial score (nSPS) is 11.8. The molecule has 104 valence electrons. The molecule has 3 N–H and O–H groups in total. The van der Waals surface area contributed by atoms with E-state index in [1.165, 1.54) is 29.0 Å². The molecule has 0 aliphatic heterocycles. The summed E-state index contributed by atoms with van der Waals surface area (Å²) in [5.41, 5.74) is 2.41. The average molecular weight is 292 g/mol. The Morgan fingerprint density at radius 1 is 1.30 bits per heavy atom. The largest absolute Gasteiger partial charge is 0.508 e. The van der Waals surface area contributed by atoms with Gasteiger partial charge in [-0.1, -0.05) is 12.1 Å². The van der Waals surface area contributed by atoms with Crippen LogP contribution in [0.2, 0.25) is 0 Å². The Morgan fingerprint density at radius 3 is 2.55 bits per heavy atom. The average Bonchev–Trinajstić information content (AvgIpc) is 2.94. The van der Waals surface area contributed by atoms with Gasteiger partial charge in [0.15, 0.2) is 0 Å². The van der Waals surface area contributed by atoms with Crippen LogP contribution < -0.4 is 5.32 Å². The SMILES string of the molecule is O=C(N[C@@H](Cc1ccc(O)cc1)C(=O)O)c1cscn1.